The molecule has 0 saturated heterocycles. The summed E-state index contributed by atoms with van der Waals surface area (Å²) < 4.78 is 17.1. The summed E-state index contributed by atoms with van der Waals surface area (Å²) in [6, 6.07) is 11.2. The van der Waals surface area contributed by atoms with Crippen LogP contribution in [0.1, 0.15) is 23.7 Å². The zero-order valence-corrected chi connectivity index (χ0v) is 20.6. The first-order valence-corrected chi connectivity index (χ1v) is 11.7. The van der Waals surface area contributed by atoms with Crippen molar-refractivity contribution in [1.82, 2.24) is 4.98 Å². The molecule has 10 heteroatoms. The van der Waals surface area contributed by atoms with Gasteiger partial charge in [-0.3, -0.25) is 10.2 Å². The van der Waals surface area contributed by atoms with Crippen molar-refractivity contribution in [1.29, 1.82) is 0 Å². The topological polar surface area (TPSA) is 82.0 Å². The van der Waals surface area contributed by atoms with Crippen molar-refractivity contribution in [3.8, 4) is 11.5 Å². The molecule has 1 aromatic heterocycles. The van der Waals surface area contributed by atoms with Crippen molar-refractivity contribution < 1.29 is 19.0 Å². The fraction of sp³-hybridized carbons (Fsp3) is 0.227. The van der Waals surface area contributed by atoms with E-state index in [1.165, 1.54) is 11.3 Å². The van der Waals surface area contributed by atoms with E-state index in [0.717, 1.165) is 15.6 Å². The Hall–Kier alpha value is -2.62. The summed E-state index contributed by atoms with van der Waals surface area (Å²) in [5, 5.41) is 7.22. The summed E-state index contributed by atoms with van der Waals surface area (Å²) in [7, 11) is 1.57. The van der Waals surface area contributed by atoms with Crippen molar-refractivity contribution in [2.45, 2.75) is 20.0 Å². The zero-order valence-electron chi connectivity index (χ0n) is 17.4. The minimum Gasteiger partial charge on any atom is -0.493 e. The molecule has 2 aromatic carbocycles. The second-order valence-corrected chi connectivity index (χ2v) is 8.53. The van der Waals surface area contributed by atoms with E-state index in [-0.39, 0.29) is 12.4 Å². The van der Waals surface area contributed by atoms with E-state index in [0.29, 0.717) is 40.6 Å². The van der Waals surface area contributed by atoms with Gasteiger partial charge < -0.3 is 14.2 Å². The molecule has 0 amide bonds. The highest BCUT2D eigenvalue weighted by Gasteiger charge is 2.13. The molecule has 0 saturated carbocycles. The molecule has 7 nitrogen and oxygen atoms in total. The highest BCUT2D eigenvalue weighted by atomic mass is 79.9. The third-order valence-corrected chi connectivity index (χ3v) is 5.89. The highest BCUT2D eigenvalue weighted by molar-refractivity contribution is 9.10. The number of anilines is 1. The first-order valence-electron chi connectivity index (χ1n) is 9.63. The Kier molecular flexibility index (Phi) is 8.90. The van der Waals surface area contributed by atoms with E-state index in [1.807, 2.05) is 36.4 Å². The van der Waals surface area contributed by atoms with E-state index in [2.05, 4.69) is 31.4 Å². The molecule has 0 bridgehead atoms. The summed E-state index contributed by atoms with van der Waals surface area (Å²) in [5.74, 6) is 0.821. The molecule has 0 atom stereocenters. The average Bonchev–Trinajstić information content (AvgIpc) is 3.20. The van der Waals surface area contributed by atoms with Gasteiger partial charge in [0.05, 0.1) is 36.5 Å². The molecule has 0 spiro atoms. The van der Waals surface area contributed by atoms with Gasteiger partial charge >= 0.3 is 5.97 Å². The predicted molar refractivity (Wildman–Crippen MR) is 130 cm³/mol. The molecular formula is C22H21BrClN3O4S. The lowest BCUT2D eigenvalue weighted by molar-refractivity contribution is -0.142. The lowest BCUT2D eigenvalue weighted by Crippen LogP contribution is -2.07. The molecule has 1 N–H and O–H groups in total. The number of nitrogens with zero attached hydrogens (tertiary/aromatic N) is 2. The predicted octanol–water partition coefficient (Wildman–Crippen LogP) is 5.70. The Morgan fingerprint density at radius 2 is 2.16 bits per heavy atom. The first-order chi connectivity index (χ1) is 15.5. The number of aromatic nitrogens is 1. The van der Waals surface area contributed by atoms with Gasteiger partial charge in [-0.05, 0) is 46.6 Å². The summed E-state index contributed by atoms with van der Waals surface area (Å²) in [5.41, 5.74) is 5.17. The normalized spacial score (nSPS) is 10.9. The lowest BCUT2D eigenvalue weighted by atomic mass is 10.2. The number of rotatable bonds is 10. The molecular weight excluding hydrogens is 518 g/mol. The minimum atomic E-state index is -0.304. The number of ether oxygens (including phenoxy) is 3. The van der Waals surface area contributed by atoms with Gasteiger partial charge in [0.25, 0.3) is 0 Å². The molecule has 0 aliphatic carbocycles. The maximum atomic E-state index is 11.5. The molecule has 1 heterocycles. The largest absolute Gasteiger partial charge is 0.493 e. The van der Waals surface area contributed by atoms with E-state index < -0.39 is 0 Å². The third kappa shape index (κ3) is 6.69. The maximum absolute atomic E-state index is 11.5. The number of hydrazone groups is 1. The molecule has 0 radical (unpaired) electrons. The van der Waals surface area contributed by atoms with E-state index in [9.17, 15) is 4.79 Å². The summed E-state index contributed by atoms with van der Waals surface area (Å²) >= 11 is 11.1. The van der Waals surface area contributed by atoms with Crippen molar-refractivity contribution in [3.63, 3.8) is 0 Å². The summed E-state index contributed by atoms with van der Waals surface area (Å²) in [4.78, 5) is 15.9. The molecule has 0 aliphatic heterocycles. The molecule has 3 aromatic rings. The monoisotopic (exact) mass is 537 g/mol. The Bertz CT molecular complexity index is 1110. The molecule has 0 fully saturated rings. The third-order valence-electron chi connectivity index (χ3n) is 4.14. The van der Waals surface area contributed by atoms with Crippen LogP contribution in [-0.2, 0) is 22.6 Å². The summed E-state index contributed by atoms with van der Waals surface area (Å²) in [6.07, 6.45) is 1.77. The van der Waals surface area contributed by atoms with E-state index in [1.54, 1.807) is 25.6 Å². The molecule has 3 rings (SSSR count). The summed E-state index contributed by atoms with van der Waals surface area (Å²) in [6.45, 7) is 2.43. The SMILES string of the molecule is CCOC(=O)Cc1csc(NN=Cc2cc(Br)c(OCc3ccccc3Cl)c(OC)c2)n1. The van der Waals surface area contributed by atoms with Crippen LogP contribution in [0, 0.1) is 0 Å². The van der Waals surface area contributed by atoms with Crippen LogP contribution >= 0.6 is 38.9 Å². The number of halogens is 2. The number of nitrogens with one attached hydrogen (secondary N) is 1. The van der Waals surface area contributed by atoms with Crippen molar-refractivity contribution in [2.24, 2.45) is 5.10 Å². The van der Waals surface area contributed by atoms with Gasteiger partial charge in [-0.15, -0.1) is 11.3 Å². The van der Waals surface area contributed by atoms with Crippen LogP contribution < -0.4 is 14.9 Å². The molecule has 0 aliphatic rings. The number of thiazole rings is 1. The fourth-order valence-corrected chi connectivity index (χ4v) is 4.10. The number of hydrogen-bond donors (Lipinski definition) is 1. The average molecular weight is 539 g/mol. The van der Waals surface area contributed by atoms with Gasteiger partial charge in [0.15, 0.2) is 11.5 Å². The fourth-order valence-electron chi connectivity index (χ4n) is 2.68. The van der Waals surface area contributed by atoms with Crippen LogP contribution in [0.3, 0.4) is 0 Å². The van der Waals surface area contributed by atoms with Crippen LogP contribution in [-0.4, -0.2) is 30.9 Å². The number of esters is 1. The molecule has 168 valence electrons. The standard InChI is InChI=1S/C22H21BrClN3O4S/c1-3-30-20(28)10-16-13-32-22(26-16)27-25-11-14-8-17(23)21(19(9-14)29-2)31-12-15-6-4-5-7-18(15)24/h4-9,11,13H,3,10,12H2,1-2H3,(H,26,27). The van der Waals surface area contributed by atoms with Crippen LogP contribution in [0.2, 0.25) is 5.02 Å². The van der Waals surface area contributed by atoms with Crippen molar-refractivity contribution >= 4 is 56.2 Å². The highest BCUT2D eigenvalue weighted by Crippen LogP contribution is 2.37. The van der Waals surface area contributed by atoms with Gasteiger partial charge in [-0.1, -0.05) is 29.8 Å². The van der Waals surface area contributed by atoms with Crippen LogP contribution in [0.15, 0.2) is 51.4 Å². The number of carbonyl (C=O) groups is 1. The van der Waals surface area contributed by atoms with Crippen LogP contribution in [0.4, 0.5) is 5.13 Å². The number of carbonyl (C=O) groups excluding carboxylic acids is 1. The zero-order chi connectivity index (χ0) is 22.9. The minimum absolute atomic E-state index is 0.134. The second-order valence-electron chi connectivity index (χ2n) is 6.41. The van der Waals surface area contributed by atoms with Crippen LogP contribution in [0.5, 0.6) is 11.5 Å². The molecule has 32 heavy (non-hydrogen) atoms. The van der Waals surface area contributed by atoms with Gasteiger partial charge in [0.1, 0.15) is 6.61 Å². The Morgan fingerprint density at radius 3 is 2.91 bits per heavy atom. The quantitative estimate of drug-likeness (QED) is 0.203. The van der Waals surface area contributed by atoms with Crippen molar-refractivity contribution in [3.05, 3.63) is 68.1 Å². The second kappa shape index (κ2) is 11.8. The number of methoxy groups -OCH3 is 1. The van der Waals surface area contributed by atoms with Gasteiger partial charge in [-0.2, -0.15) is 5.10 Å². The van der Waals surface area contributed by atoms with E-state index >= 15 is 0 Å². The number of hydrogen-bond acceptors (Lipinski definition) is 8. The Labute approximate surface area is 203 Å². The van der Waals surface area contributed by atoms with Gasteiger partial charge in [0, 0.05) is 16.0 Å². The molecule has 0 unspecified atom stereocenters. The Morgan fingerprint density at radius 1 is 1.34 bits per heavy atom. The van der Waals surface area contributed by atoms with Crippen LogP contribution in [0.25, 0.3) is 0 Å². The maximum Gasteiger partial charge on any atom is 0.311 e. The Balaban J connectivity index is 1.64. The lowest BCUT2D eigenvalue weighted by Gasteiger charge is -2.14. The first kappa shape index (κ1) is 24.0. The van der Waals surface area contributed by atoms with Gasteiger partial charge in [-0.25, -0.2) is 4.98 Å². The number of benzene rings is 2. The van der Waals surface area contributed by atoms with E-state index in [4.69, 9.17) is 25.8 Å². The van der Waals surface area contributed by atoms with Crippen molar-refractivity contribution in [2.75, 3.05) is 19.1 Å². The smallest absolute Gasteiger partial charge is 0.311 e. The van der Waals surface area contributed by atoms with Gasteiger partial charge in [0.2, 0.25) is 5.13 Å².